The van der Waals surface area contributed by atoms with Crippen molar-refractivity contribution >= 4 is 17.2 Å². The van der Waals surface area contributed by atoms with E-state index in [0.29, 0.717) is 6.61 Å². The van der Waals surface area contributed by atoms with E-state index in [2.05, 4.69) is 28.4 Å². The highest BCUT2D eigenvalue weighted by molar-refractivity contribution is 7.14. The van der Waals surface area contributed by atoms with Gasteiger partial charge in [0.1, 0.15) is 5.60 Å². The molecule has 4 heterocycles. The van der Waals surface area contributed by atoms with E-state index in [1.165, 1.54) is 16.0 Å². The first-order chi connectivity index (χ1) is 13.6. The van der Waals surface area contributed by atoms with Crippen molar-refractivity contribution in [3.63, 3.8) is 0 Å². The third kappa shape index (κ3) is 3.87. The number of nitrogens with one attached hydrogen (secondary N) is 1. The topological polar surface area (TPSA) is 79.6 Å². The van der Waals surface area contributed by atoms with Crippen LogP contribution in [0.2, 0.25) is 0 Å². The van der Waals surface area contributed by atoms with Gasteiger partial charge < -0.3 is 15.2 Å². The predicted octanol–water partition coefficient (Wildman–Crippen LogP) is 1.75. The van der Waals surface area contributed by atoms with Crippen molar-refractivity contribution in [1.29, 1.82) is 0 Å². The molecule has 152 valence electrons. The third-order valence-corrected chi connectivity index (χ3v) is 7.04. The number of piperidine rings is 1. The maximum Gasteiger partial charge on any atom is 0.261 e. The van der Waals surface area contributed by atoms with Gasteiger partial charge in [0.2, 0.25) is 0 Å². The molecule has 0 unspecified atom stereocenters. The molecule has 1 amide bonds. The Kier molecular flexibility index (Phi) is 5.82. The van der Waals surface area contributed by atoms with Crippen molar-refractivity contribution in [2.75, 3.05) is 32.8 Å². The second kappa shape index (κ2) is 8.32. The standard InChI is InChI=1S/C20H28N4O3S/c1-2-24-14-15(12-22-24)13-23-7-4-20(5-8-23)18-16(3-10-27-20)11-17(28-18)19(26)21-6-9-25/h11-12,14,25H,2-10,13H2,1H3,(H,21,26). The minimum absolute atomic E-state index is 0.0448. The number of nitrogens with zero attached hydrogens (tertiary/aromatic N) is 3. The van der Waals surface area contributed by atoms with Gasteiger partial charge in [-0.25, -0.2) is 0 Å². The molecule has 0 saturated carbocycles. The molecule has 0 bridgehead atoms. The van der Waals surface area contributed by atoms with Crippen LogP contribution in [0.3, 0.4) is 0 Å². The molecule has 2 N–H and O–H groups in total. The fraction of sp³-hybridized carbons (Fsp3) is 0.600. The number of likely N-dealkylation sites (tertiary alicyclic amines) is 1. The van der Waals surface area contributed by atoms with Crippen LogP contribution < -0.4 is 5.32 Å². The molecule has 0 aliphatic carbocycles. The Morgan fingerprint density at radius 2 is 2.25 bits per heavy atom. The van der Waals surface area contributed by atoms with Gasteiger partial charge >= 0.3 is 0 Å². The molecule has 0 aromatic carbocycles. The molecule has 8 heteroatoms. The van der Waals surface area contributed by atoms with Crippen LogP contribution >= 0.6 is 11.3 Å². The zero-order valence-electron chi connectivity index (χ0n) is 16.3. The number of amides is 1. The second-order valence-corrected chi connectivity index (χ2v) is 8.57. The van der Waals surface area contributed by atoms with Gasteiger partial charge in [0.05, 0.1) is 24.3 Å². The lowest BCUT2D eigenvalue weighted by molar-refractivity contribution is -0.0960. The van der Waals surface area contributed by atoms with Gasteiger partial charge in [-0.15, -0.1) is 11.3 Å². The smallest absolute Gasteiger partial charge is 0.261 e. The van der Waals surface area contributed by atoms with E-state index >= 15 is 0 Å². The summed E-state index contributed by atoms with van der Waals surface area (Å²) < 4.78 is 8.29. The van der Waals surface area contributed by atoms with Gasteiger partial charge in [-0.05, 0) is 37.8 Å². The maximum atomic E-state index is 12.3. The SMILES string of the molecule is CCn1cc(CN2CCC3(CC2)OCCc2cc(C(=O)NCCO)sc23)cn1. The van der Waals surface area contributed by atoms with Crippen LogP contribution in [0.4, 0.5) is 0 Å². The molecular formula is C20H28N4O3S. The Hall–Kier alpha value is -1.74. The van der Waals surface area contributed by atoms with Crippen LogP contribution in [0, 0.1) is 0 Å². The van der Waals surface area contributed by atoms with Crippen molar-refractivity contribution in [2.45, 2.75) is 44.9 Å². The Labute approximate surface area is 169 Å². The van der Waals surface area contributed by atoms with Gasteiger partial charge in [-0.2, -0.15) is 5.10 Å². The second-order valence-electron chi connectivity index (χ2n) is 7.52. The Morgan fingerprint density at radius 1 is 1.43 bits per heavy atom. The predicted molar refractivity (Wildman–Crippen MR) is 107 cm³/mol. The first kappa shape index (κ1) is 19.6. The molecule has 1 spiro atoms. The summed E-state index contributed by atoms with van der Waals surface area (Å²) in [5, 5.41) is 16.0. The molecular weight excluding hydrogens is 376 g/mol. The number of hydrogen-bond acceptors (Lipinski definition) is 6. The van der Waals surface area contributed by atoms with E-state index in [-0.39, 0.29) is 24.7 Å². The number of carbonyl (C=O) groups excluding carboxylic acids is 1. The summed E-state index contributed by atoms with van der Waals surface area (Å²) in [5.74, 6) is -0.103. The third-order valence-electron chi connectivity index (χ3n) is 5.67. The van der Waals surface area contributed by atoms with Crippen LogP contribution in [0.25, 0.3) is 0 Å². The number of aromatic nitrogens is 2. The maximum absolute atomic E-state index is 12.3. The number of hydrogen-bond donors (Lipinski definition) is 2. The Bertz CT molecular complexity index is 823. The summed E-state index contributed by atoms with van der Waals surface area (Å²) in [6, 6.07) is 2.02. The van der Waals surface area contributed by atoms with E-state index < -0.39 is 0 Å². The van der Waals surface area contributed by atoms with E-state index in [4.69, 9.17) is 9.84 Å². The Morgan fingerprint density at radius 3 is 2.96 bits per heavy atom. The quantitative estimate of drug-likeness (QED) is 0.767. The van der Waals surface area contributed by atoms with Gasteiger partial charge in [-0.3, -0.25) is 14.4 Å². The summed E-state index contributed by atoms with van der Waals surface area (Å²) in [7, 11) is 0. The fourth-order valence-corrected chi connectivity index (χ4v) is 5.48. The van der Waals surface area contributed by atoms with Crippen molar-refractivity contribution in [3.8, 4) is 0 Å². The van der Waals surface area contributed by atoms with Gasteiger partial charge in [0.25, 0.3) is 5.91 Å². The lowest BCUT2D eigenvalue weighted by Gasteiger charge is -2.43. The summed E-state index contributed by atoms with van der Waals surface area (Å²) in [4.78, 5) is 16.7. The van der Waals surface area contributed by atoms with Crippen LogP contribution in [0.5, 0.6) is 0 Å². The van der Waals surface area contributed by atoms with Crippen molar-refractivity contribution in [3.05, 3.63) is 39.3 Å². The van der Waals surface area contributed by atoms with Crippen molar-refractivity contribution in [1.82, 2.24) is 20.0 Å². The molecule has 2 aliphatic rings. The molecule has 28 heavy (non-hydrogen) atoms. The molecule has 4 rings (SSSR count). The van der Waals surface area contributed by atoms with E-state index in [0.717, 1.165) is 50.3 Å². The number of carbonyl (C=O) groups is 1. The molecule has 0 radical (unpaired) electrons. The number of aryl methyl sites for hydroxylation is 1. The molecule has 2 aromatic rings. The number of rotatable bonds is 6. The number of aliphatic hydroxyl groups excluding tert-OH is 1. The van der Waals surface area contributed by atoms with Crippen LogP contribution in [0.1, 0.15) is 45.4 Å². The molecule has 2 aromatic heterocycles. The van der Waals surface area contributed by atoms with E-state index in [9.17, 15) is 4.79 Å². The lowest BCUT2D eigenvalue weighted by Crippen LogP contribution is -2.45. The highest BCUT2D eigenvalue weighted by atomic mass is 32.1. The van der Waals surface area contributed by atoms with Crippen molar-refractivity contribution in [2.24, 2.45) is 0 Å². The highest BCUT2D eigenvalue weighted by Gasteiger charge is 2.42. The lowest BCUT2D eigenvalue weighted by atomic mass is 9.85. The summed E-state index contributed by atoms with van der Waals surface area (Å²) >= 11 is 1.56. The van der Waals surface area contributed by atoms with Gasteiger partial charge in [0.15, 0.2) is 0 Å². The zero-order valence-corrected chi connectivity index (χ0v) is 17.1. The monoisotopic (exact) mass is 404 g/mol. The minimum atomic E-state index is -0.252. The molecule has 1 fully saturated rings. The first-order valence-electron chi connectivity index (χ1n) is 10.0. The average Bonchev–Trinajstić information content (AvgIpc) is 3.36. The zero-order chi connectivity index (χ0) is 19.6. The summed E-state index contributed by atoms with van der Waals surface area (Å²) in [5.41, 5.74) is 2.25. The van der Waals surface area contributed by atoms with Crippen LogP contribution in [-0.4, -0.2) is 58.5 Å². The molecule has 2 aliphatic heterocycles. The van der Waals surface area contributed by atoms with E-state index in [1.807, 2.05) is 16.9 Å². The largest absolute Gasteiger partial charge is 0.395 e. The first-order valence-corrected chi connectivity index (χ1v) is 10.8. The van der Waals surface area contributed by atoms with Crippen LogP contribution in [0.15, 0.2) is 18.5 Å². The summed E-state index contributed by atoms with van der Waals surface area (Å²) in [6.45, 7) is 6.81. The molecule has 7 nitrogen and oxygen atoms in total. The number of fused-ring (bicyclic) bond motifs is 2. The normalized spacial score (nSPS) is 18.9. The molecule has 1 saturated heterocycles. The molecule has 0 atom stereocenters. The number of thiophene rings is 1. The fourth-order valence-electron chi connectivity index (χ4n) is 4.15. The van der Waals surface area contributed by atoms with Crippen LogP contribution in [-0.2, 0) is 29.8 Å². The van der Waals surface area contributed by atoms with Gasteiger partial charge in [-0.1, -0.05) is 0 Å². The summed E-state index contributed by atoms with van der Waals surface area (Å²) in [6.07, 6.45) is 6.83. The van der Waals surface area contributed by atoms with Gasteiger partial charge in [0, 0.05) is 49.4 Å². The average molecular weight is 405 g/mol. The number of ether oxygens (including phenoxy) is 1. The minimum Gasteiger partial charge on any atom is -0.395 e. The number of aliphatic hydroxyl groups is 1. The van der Waals surface area contributed by atoms with Crippen molar-refractivity contribution < 1.29 is 14.6 Å². The van der Waals surface area contributed by atoms with E-state index in [1.54, 1.807) is 11.3 Å². The Balaban J connectivity index is 1.44. The highest BCUT2D eigenvalue weighted by Crippen LogP contribution is 2.45.